The van der Waals surface area contributed by atoms with Crippen molar-refractivity contribution in [2.45, 2.75) is 44.6 Å². The number of esters is 1. The second kappa shape index (κ2) is 6.08. The number of carbonyl (C=O) groups excluding carboxylic acids is 2. The van der Waals surface area contributed by atoms with Gasteiger partial charge in [-0.05, 0) is 31.9 Å². The molecule has 0 aromatic heterocycles. The van der Waals surface area contributed by atoms with Gasteiger partial charge in [0.1, 0.15) is 0 Å². The first-order valence-corrected chi connectivity index (χ1v) is 7.05. The molecule has 0 spiro atoms. The van der Waals surface area contributed by atoms with Crippen molar-refractivity contribution in [2.75, 3.05) is 0 Å². The zero-order valence-electron chi connectivity index (χ0n) is 12.3. The zero-order valence-corrected chi connectivity index (χ0v) is 12.3. The molecular weight excluding hydrogens is 268 g/mol. The van der Waals surface area contributed by atoms with E-state index in [2.05, 4.69) is 4.99 Å². The van der Waals surface area contributed by atoms with Gasteiger partial charge in [0.05, 0.1) is 11.8 Å². The lowest BCUT2D eigenvalue weighted by atomic mass is 9.75. The summed E-state index contributed by atoms with van der Waals surface area (Å²) >= 11 is 0. The maximum atomic E-state index is 11.8. The van der Waals surface area contributed by atoms with E-state index in [-0.39, 0.29) is 24.9 Å². The Balaban J connectivity index is 2.19. The van der Waals surface area contributed by atoms with Gasteiger partial charge < -0.3 is 10.5 Å². The van der Waals surface area contributed by atoms with Crippen LogP contribution in [0.4, 0.5) is 5.69 Å². The average Bonchev–Trinajstić information content (AvgIpc) is 2.75. The maximum absolute atomic E-state index is 11.8. The molecule has 0 radical (unpaired) electrons. The van der Waals surface area contributed by atoms with E-state index in [1.807, 2.05) is 38.1 Å². The Morgan fingerprint density at radius 1 is 1.33 bits per heavy atom. The molecule has 2 N–H and O–H groups in total. The molecule has 5 heteroatoms. The van der Waals surface area contributed by atoms with Crippen LogP contribution in [0.2, 0.25) is 0 Å². The van der Waals surface area contributed by atoms with E-state index in [0.29, 0.717) is 6.42 Å². The number of aliphatic imine (C=N–C) groups is 1. The number of benzene rings is 1. The van der Waals surface area contributed by atoms with E-state index < -0.39 is 11.3 Å². The summed E-state index contributed by atoms with van der Waals surface area (Å²) in [6.07, 6.45) is 2.43. The van der Waals surface area contributed by atoms with Crippen LogP contribution in [0.5, 0.6) is 0 Å². The van der Waals surface area contributed by atoms with Crippen molar-refractivity contribution in [3.63, 3.8) is 0 Å². The molecule has 0 saturated heterocycles. The van der Waals surface area contributed by atoms with Crippen molar-refractivity contribution >= 4 is 23.8 Å². The normalized spacial score (nSPS) is 19.6. The summed E-state index contributed by atoms with van der Waals surface area (Å²) < 4.78 is 5.15. The highest BCUT2D eigenvalue weighted by molar-refractivity contribution is 5.91. The summed E-state index contributed by atoms with van der Waals surface area (Å²) in [4.78, 5) is 27.6. The van der Waals surface area contributed by atoms with Crippen LogP contribution in [0.1, 0.15) is 38.7 Å². The number of amides is 1. The molecule has 1 aliphatic heterocycles. The topological polar surface area (TPSA) is 81.8 Å². The quantitative estimate of drug-likeness (QED) is 0.815. The minimum atomic E-state index is -0.599. The Kier molecular flexibility index (Phi) is 4.40. The molecule has 5 nitrogen and oxygen atoms in total. The van der Waals surface area contributed by atoms with Crippen LogP contribution in [0.3, 0.4) is 0 Å². The molecule has 0 saturated carbocycles. The van der Waals surface area contributed by atoms with Gasteiger partial charge >= 0.3 is 5.97 Å². The van der Waals surface area contributed by atoms with Gasteiger partial charge in [0.25, 0.3) is 0 Å². The van der Waals surface area contributed by atoms with Crippen LogP contribution in [-0.4, -0.2) is 24.2 Å². The van der Waals surface area contributed by atoms with Crippen LogP contribution in [0.15, 0.2) is 29.3 Å². The van der Waals surface area contributed by atoms with Gasteiger partial charge in [0.2, 0.25) is 5.91 Å². The smallest absolute Gasteiger partial charge is 0.306 e. The summed E-state index contributed by atoms with van der Waals surface area (Å²) in [5.74, 6) is -0.679. The van der Waals surface area contributed by atoms with Gasteiger partial charge in [-0.25, -0.2) is 0 Å². The summed E-state index contributed by atoms with van der Waals surface area (Å²) in [6.45, 7) is 3.62. The lowest BCUT2D eigenvalue weighted by molar-refractivity contribution is -0.147. The lowest BCUT2D eigenvalue weighted by Gasteiger charge is -2.26. The zero-order chi connectivity index (χ0) is 15.5. The Labute approximate surface area is 124 Å². The summed E-state index contributed by atoms with van der Waals surface area (Å²) in [5, 5.41) is 0. The third-order valence-corrected chi connectivity index (χ3v) is 3.52. The highest BCUT2D eigenvalue weighted by Crippen LogP contribution is 2.42. The fourth-order valence-electron chi connectivity index (χ4n) is 2.66. The van der Waals surface area contributed by atoms with Crippen molar-refractivity contribution in [3.05, 3.63) is 29.8 Å². The molecule has 112 valence electrons. The number of hydrogen-bond acceptors (Lipinski definition) is 4. The molecule has 1 aromatic rings. The second-order valence-corrected chi connectivity index (χ2v) is 5.61. The molecule has 1 amide bonds. The standard InChI is InChI=1S/C16H20N2O3/c1-11(2)21-15(20)7-8-16(9-14(17)19)10-18-13-6-4-3-5-12(13)16/h3-6,10-11H,7-9H2,1-2H3,(H2,17,19). The maximum Gasteiger partial charge on any atom is 0.306 e. The molecule has 1 heterocycles. The molecule has 1 aliphatic rings. The predicted molar refractivity (Wildman–Crippen MR) is 80.5 cm³/mol. The molecule has 1 unspecified atom stereocenters. The van der Waals surface area contributed by atoms with Gasteiger partial charge in [-0.3, -0.25) is 14.6 Å². The van der Waals surface area contributed by atoms with Crippen molar-refractivity contribution in [1.29, 1.82) is 0 Å². The molecule has 0 bridgehead atoms. The Morgan fingerprint density at radius 3 is 2.71 bits per heavy atom. The van der Waals surface area contributed by atoms with E-state index >= 15 is 0 Å². The highest BCUT2D eigenvalue weighted by atomic mass is 16.5. The number of para-hydroxylation sites is 1. The summed E-state index contributed by atoms with van der Waals surface area (Å²) in [6, 6.07) is 7.61. The number of ether oxygens (including phenoxy) is 1. The molecule has 1 aromatic carbocycles. The fourth-order valence-corrected chi connectivity index (χ4v) is 2.66. The van der Waals surface area contributed by atoms with Crippen LogP contribution >= 0.6 is 0 Å². The van der Waals surface area contributed by atoms with Gasteiger partial charge in [0.15, 0.2) is 0 Å². The van der Waals surface area contributed by atoms with E-state index in [9.17, 15) is 9.59 Å². The largest absolute Gasteiger partial charge is 0.463 e. The SMILES string of the molecule is CC(C)OC(=O)CCC1(CC(N)=O)C=Nc2ccccc21. The van der Waals surface area contributed by atoms with E-state index in [1.54, 1.807) is 6.21 Å². The number of primary amides is 1. The van der Waals surface area contributed by atoms with Crippen LogP contribution < -0.4 is 5.73 Å². The Bertz CT molecular complexity index is 581. The minimum absolute atomic E-state index is 0.141. The lowest BCUT2D eigenvalue weighted by Crippen LogP contribution is -2.33. The van der Waals surface area contributed by atoms with Gasteiger partial charge in [0, 0.05) is 24.5 Å². The average molecular weight is 288 g/mol. The molecule has 1 atom stereocenters. The van der Waals surface area contributed by atoms with Gasteiger partial charge in [-0.1, -0.05) is 18.2 Å². The summed E-state index contributed by atoms with van der Waals surface area (Å²) in [7, 11) is 0. The Hall–Kier alpha value is -2.17. The van der Waals surface area contributed by atoms with E-state index in [0.717, 1.165) is 11.3 Å². The molecular formula is C16H20N2O3. The number of nitrogens with two attached hydrogens (primary N) is 1. The first kappa shape index (κ1) is 15.2. The molecule has 0 fully saturated rings. The third kappa shape index (κ3) is 3.48. The summed E-state index contributed by atoms with van der Waals surface area (Å²) in [5.41, 5.74) is 6.56. The van der Waals surface area contributed by atoms with Crippen LogP contribution in [-0.2, 0) is 19.7 Å². The van der Waals surface area contributed by atoms with Gasteiger partial charge in [-0.2, -0.15) is 0 Å². The van der Waals surface area contributed by atoms with Gasteiger partial charge in [-0.15, -0.1) is 0 Å². The first-order chi connectivity index (χ1) is 9.93. The van der Waals surface area contributed by atoms with Crippen molar-refractivity contribution < 1.29 is 14.3 Å². The first-order valence-electron chi connectivity index (χ1n) is 7.05. The number of carbonyl (C=O) groups is 2. The number of rotatable bonds is 6. The van der Waals surface area contributed by atoms with Crippen LogP contribution in [0, 0.1) is 0 Å². The molecule has 0 aliphatic carbocycles. The Morgan fingerprint density at radius 2 is 2.05 bits per heavy atom. The molecule has 21 heavy (non-hydrogen) atoms. The minimum Gasteiger partial charge on any atom is -0.463 e. The number of fused-ring (bicyclic) bond motifs is 1. The monoisotopic (exact) mass is 288 g/mol. The van der Waals surface area contributed by atoms with Crippen LogP contribution in [0.25, 0.3) is 0 Å². The highest BCUT2D eigenvalue weighted by Gasteiger charge is 2.38. The fraction of sp³-hybridized carbons (Fsp3) is 0.438. The predicted octanol–water partition coefficient (Wildman–Crippen LogP) is 2.25. The van der Waals surface area contributed by atoms with E-state index in [4.69, 9.17) is 10.5 Å². The molecule has 2 rings (SSSR count). The van der Waals surface area contributed by atoms with Crippen molar-refractivity contribution in [1.82, 2.24) is 0 Å². The van der Waals surface area contributed by atoms with E-state index in [1.165, 1.54) is 0 Å². The third-order valence-electron chi connectivity index (χ3n) is 3.52. The number of hydrogen-bond donors (Lipinski definition) is 1. The number of nitrogens with zero attached hydrogens (tertiary/aromatic N) is 1. The van der Waals surface area contributed by atoms with Crippen molar-refractivity contribution in [3.8, 4) is 0 Å². The van der Waals surface area contributed by atoms with Crippen molar-refractivity contribution in [2.24, 2.45) is 10.7 Å². The second-order valence-electron chi connectivity index (χ2n) is 5.61.